The Hall–Kier alpha value is -1.88. The first-order valence-corrected chi connectivity index (χ1v) is 5.31. The fraction of sp³-hybridized carbons (Fsp3) is 0.333. The Labute approximate surface area is 98.6 Å². The van der Waals surface area contributed by atoms with Gasteiger partial charge in [0.1, 0.15) is 6.61 Å². The predicted octanol–water partition coefficient (Wildman–Crippen LogP) is 1.06. The third kappa shape index (κ3) is 2.29. The number of anilines is 1. The smallest absolute Gasteiger partial charge is 0.337 e. The van der Waals surface area contributed by atoms with Gasteiger partial charge in [-0.25, -0.2) is 4.79 Å². The topological polar surface area (TPSA) is 66.8 Å². The van der Waals surface area contributed by atoms with Gasteiger partial charge in [-0.2, -0.15) is 0 Å². The van der Waals surface area contributed by atoms with E-state index >= 15 is 0 Å². The van der Waals surface area contributed by atoms with Crippen LogP contribution in [0.15, 0.2) is 18.2 Å². The lowest BCUT2D eigenvalue weighted by molar-refractivity contribution is -0.125. The van der Waals surface area contributed by atoms with Crippen molar-refractivity contribution in [1.29, 1.82) is 0 Å². The van der Waals surface area contributed by atoms with Gasteiger partial charge in [-0.1, -0.05) is 6.07 Å². The number of morpholine rings is 1. The normalized spacial score (nSPS) is 16.1. The van der Waals surface area contributed by atoms with Crippen LogP contribution in [0, 0.1) is 6.92 Å². The van der Waals surface area contributed by atoms with E-state index in [9.17, 15) is 9.59 Å². The minimum atomic E-state index is -1.03. The number of rotatable bonds is 2. The number of aromatic carboxylic acids is 1. The maximum absolute atomic E-state index is 11.7. The standard InChI is InChI=1S/C12H13NO4/c1-8-2-3-9(12(15)16)10(6-8)13-4-5-17-7-11(13)14/h2-3,6H,4-5,7H2,1H3,(H,15,16). The number of carbonyl (C=O) groups is 2. The van der Waals surface area contributed by atoms with Crippen LogP contribution in [0.5, 0.6) is 0 Å². The highest BCUT2D eigenvalue weighted by molar-refractivity contribution is 6.02. The molecule has 1 amide bonds. The molecule has 0 aliphatic carbocycles. The van der Waals surface area contributed by atoms with Gasteiger partial charge in [-0.3, -0.25) is 4.79 Å². The third-order valence-electron chi connectivity index (χ3n) is 2.66. The van der Waals surface area contributed by atoms with E-state index in [1.807, 2.05) is 6.92 Å². The van der Waals surface area contributed by atoms with Gasteiger partial charge in [0.15, 0.2) is 0 Å². The molecular formula is C12H13NO4. The molecule has 1 saturated heterocycles. The van der Waals surface area contributed by atoms with Crippen molar-refractivity contribution in [2.45, 2.75) is 6.92 Å². The van der Waals surface area contributed by atoms with Crippen LogP contribution in [0.3, 0.4) is 0 Å². The molecule has 0 saturated carbocycles. The number of hydrogen-bond acceptors (Lipinski definition) is 3. The van der Waals surface area contributed by atoms with Crippen molar-refractivity contribution < 1.29 is 19.4 Å². The Morgan fingerprint density at radius 3 is 2.88 bits per heavy atom. The van der Waals surface area contributed by atoms with E-state index in [4.69, 9.17) is 9.84 Å². The van der Waals surface area contributed by atoms with Gasteiger partial charge in [0.05, 0.1) is 17.9 Å². The number of benzene rings is 1. The summed E-state index contributed by atoms with van der Waals surface area (Å²) < 4.78 is 5.03. The van der Waals surface area contributed by atoms with Gasteiger partial charge >= 0.3 is 5.97 Å². The molecule has 0 unspecified atom stereocenters. The molecule has 0 radical (unpaired) electrons. The van der Waals surface area contributed by atoms with Crippen LogP contribution < -0.4 is 4.90 Å². The molecule has 5 nitrogen and oxygen atoms in total. The minimum Gasteiger partial charge on any atom is -0.478 e. The Morgan fingerprint density at radius 1 is 1.47 bits per heavy atom. The van der Waals surface area contributed by atoms with E-state index in [-0.39, 0.29) is 18.1 Å². The van der Waals surface area contributed by atoms with Gasteiger partial charge in [0.25, 0.3) is 5.91 Å². The first-order valence-electron chi connectivity index (χ1n) is 5.31. The average molecular weight is 235 g/mol. The Balaban J connectivity index is 2.45. The van der Waals surface area contributed by atoms with Gasteiger partial charge in [-0.15, -0.1) is 0 Å². The molecule has 1 aromatic carbocycles. The molecule has 0 bridgehead atoms. The summed E-state index contributed by atoms with van der Waals surface area (Å²) in [4.78, 5) is 24.3. The molecule has 1 aliphatic rings. The summed E-state index contributed by atoms with van der Waals surface area (Å²) in [6, 6.07) is 4.96. The largest absolute Gasteiger partial charge is 0.478 e. The summed E-state index contributed by atoms with van der Waals surface area (Å²) in [5.41, 5.74) is 1.51. The van der Waals surface area contributed by atoms with Crippen molar-refractivity contribution in [2.75, 3.05) is 24.7 Å². The van der Waals surface area contributed by atoms with Gasteiger partial charge in [0, 0.05) is 6.54 Å². The number of carboxylic acids is 1. The van der Waals surface area contributed by atoms with Crippen molar-refractivity contribution in [1.82, 2.24) is 0 Å². The molecule has 0 atom stereocenters. The average Bonchev–Trinajstić information content (AvgIpc) is 2.29. The van der Waals surface area contributed by atoms with E-state index in [0.717, 1.165) is 5.56 Å². The molecular weight excluding hydrogens is 222 g/mol. The molecule has 0 spiro atoms. The zero-order valence-electron chi connectivity index (χ0n) is 9.47. The highest BCUT2D eigenvalue weighted by Crippen LogP contribution is 2.23. The van der Waals surface area contributed by atoms with Gasteiger partial charge < -0.3 is 14.7 Å². The maximum atomic E-state index is 11.7. The Bertz CT molecular complexity index is 470. The quantitative estimate of drug-likeness (QED) is 0.832. The van der Waals surface area contributed by atoms with Crippen LogP contribution in [0.1, 0.15) is 15.9 Å². The van der Waals surface area contributed by atoms with Crippen LogP contribution >= 0.6 is 0 Å². The first kappa shape index (κ1) is 11.6. The molecule has 1 N–H and O–H groups in total. The number of aryl methyl sites for hydroxylation is 1. The van der Waals surface area contributed by atoms with Crippen LogP contribution in [0.25, 0.3) is 0 Å². The fourth-order valence-electron chi connectivity index (χ4n) is 1.82. The lowest BCUT2D eigenvalue weighted by Gasteiger charge is -2.28. The second-order valence-corrected chi connectivity index (χ2v) is 3.92. The molecule has 0 aromatic heterocycles. The lowest BCUT2D eigenvalue weighted by atomic mass is 10.1. The van der Waals surface area contributed by atoms with Crippen molar-refractivity contribution in [3.05, 3.63) is 29.3 Å². The third-order valence-corrected chi connectivity index (χ3v) is 2.66. The molecule has 1 fully saturated rings. The number of nitrogens with zero attached hydrogens (tertiary/aromatic N) is 1. The monoisotopic (exact) mass is 235 g/mol. The SMILES string of the molecule is Cc1ccc(C(=O)O)c(N2CCOCC2=O)c1. The van der Waals surface area contributed by atoms with E-state index in [1.165, 1.54) is 11.0 Å². The summed E-state index contributed by atoms with van der Waals surface area (Å²) in [6.45, 7) is 2.69. The number of carbonyl (C=O) groups excluding carboxylic acids is 1. The van der Waals surface area contributed by atoms with E-state index in [1.54, 1.807) is 12.1 Å². The van der Waals surface area contributed by atoms with Crippen LogP contribution in [0.4, 0.5) is 5.69 Å². The molecule has 1 heterocycles. The van der Waals surface area contributed by atoms with Crippen molar-refractivity contribution in [3.8, 4) is 0 Å². The summed E-state index contributed by atoms with van der Waals surface area (Å²) in [6.07, 6.45) is 0. The van der Waals surface area contributed by atoms with E-state index in [0.29, 0.717) is 18.8 Å². The van der Waals surface area contributed by atoms with Crippen LogP contribution in [0.2, 0.25) is 0 Å². The summed E-state index contributed by atoms with van der Waals surface area (Å²) >= 11 is 0. The van der Waals surface area contributed by atoms with Gasteiger partial charge in [0.2, 0.25) is 0 Å². The van der Waals surface area contributed by atoms with Crippen molar-refractivity contribution in [3.63, 3.8) is 0 Å². The number of hydrogen-bond donors (Lipinski definition) is 1. The van der Waals surface area contributed by atoms with Crippen LogP contribution in [-0.2, 0) is 9.53 Å². The van der Waals surface area contributed by atoms with Gasteiger partial charge in [-0.05, 0) is 24.6 Å². The second kappa shape index (κ2) is 4.55. The van der Waals surface area contributed by atoms with Crippen molar-refractivity contribution >= 4 is 17.6 Å². The molecule has 2 rings (SSSR count). The summed E-state index contributed by atoms with van der Waals surface area (Å²) in [5.74, 6) is -1.23. The summed E-state index contributed by atoms with van der Waals surface area (Å²) in [7, 11) is 0. The number of carboxylic acid groups (broad SMARTS) is 1. The highest BCUT2D eigenvalue weighted by atomic mass is 16.5. The molecule has 90 valence electrons. The number of ether oxygens (including phenoxy) is 1. The highest BCUT2D eigenvalue weighted by Gasteiger charge is 2.24. The van der Waals surface area contributed by atoms with Crippen molar-refractivity contribution in [2.24, 2.45) is 0 Å². The first-order chi connectivity index (χ1) is 8.09. The molecule has 5 heteroatoms. The molecule has 1 aromatic rings. The zero-order chi connectivity index (χ0) is 12.4. The summed E-state index contributed by atoms with van der Waals surface area (Å²) in [5, 5.41) is 9.10. The zero-order valence-corrected chi connectivity index (χ0v) is 9.47. The number of amides is 1. The van der Waals surface area contributed by atoms with E-state index in [2.05, 4.69) is 0 Å². The predicted molar refractivity (Wildman–Crippen MR) is 61.3 cm³/mol. The van der Waals surface area contributed by atoms with E-state index < -0.39 is 5.97 Å². The Kier molecular flexibility index (Phi) is 3.10. The lowest BCUT2D eigenvalue weighted by Crippen LogP contribution is -2.42. The van der Waals surface area contributed by atoms with Crippen LogP contribution in [-0.4, -0.2) is 36.7 Å². The second-order valence-electron chi connectivity index (χ2n) is 3.92. The Morgan fingerprint density at radius 2 is 2.24 bits per heavy atom. The molecule has 17 heavy (non-hydrogen) atoms. The maximum Gasteiger partial charge on any atom is 0.337 e. The minimum absolute atomic E-state index is 0.00695. The molecule has 1 aliphatic heterocycles. The fourth-order valence-corrected chi connectivity index (χ4v) is 1.82.